The summed E-state index contributed by atoms with van der Waals surface area (Å²) in [5.74, 6) is -2.72. The van der Waals surface area contributed by atoms with E-state index in [1.54, 1.807) is 24.3 Å². The second-order valence-corrected chi connectivity index (χ2v) is 4.41. The van der Waals surface area contributed by atoms with Crippen LogP contribution in [0.1, 0.15) is 16.8 Å². The molecule has 0 saturated heterocycles. The number of hydrogen-bond donors (Lipinski definition) is 3. The van der Waals surface area contributed by atoms with Crippen molar-refractivity contribution in [1.82, 2.24) is 10.3 Å². The summed E-state index contributed by atoms with van der Waals surface area (Å²) >= 11 is 0. The van der Waals surface area contributed by atoms with E-state index < -0.39 is 30.2 Å². The zero-order valence-electron chi connectivity index (χ0n) is 10.9. The molecule has 7 nitrogen and oxygen atoms in total. The number of carbonyl (C=O) groups is 3. The van der Waals surface area contributed by atoms with E-state index in [-0.39, 0.29) is 5.56 Å². The van der Waals surface area contributed by atoms with Crippen LogP contribution in [-0.2, 0) is 9.59 Å². The molecule has 2 rings (SSSR count). The van der Waals surface area contributed by atoms with Crippen LogP contribution < -0.4 is 11.1 Å². The van der Waals surface area contributed by atoms with Gasteiger partial charge in [0.25, 0.3) is 5.91 Å². The number of para-hydroxylation sites is 1. The number of aromatic nitrogens is 1. The zero-order valence-corrected chi connectivity index (χ0v) is 10.9. The smallest absolute Gasteiger partial charge is 0.326 e. The van der Waals surface area contributed by atoms with Gasteiger partial charge in [-0.05, 0) is 12.1 Å². The molecule has 21 heavy (non-hydrogen) atoms. The van der Waals surface area contributed by atoms with Crippen LogP contribution in [0, 0.1) is 0 Å². The largest absolute Gasteiger partial charge is 0.480 e. The van der Waals surface area contributed by atoms with E-state index in [1.165, 1.54) is 12.3 Å². The minimum atomic E-state index is -1.36. The summed E-state index contributed by atoms with van der Waals surface area (Å²) in [5.41, 5.74) is 5.88. The van der Waals surface area contributed by atoms with E-state index in [2.05, 4.69) is 10.3 Å². The Morgan fingerprint density at radius 1 is 1.24 bits per heavy atom. The van der Waals surface area contributed by atoms with Crippen molar-refractivity contribution in [2.45, 2.75) is 12.5 Å². The van der Waals surface area contributed by atoms with E-state index in [0.717, 1.165) is 0 Å². The van der Waals surface area contributed by atoms with Crippen LogP contribution in [0.3, 0.4) is 0 Å². The molecule has 2 amide bonds. The Bertz CT molecular complexity index is 709. The molecular weight excluding hydrogens is 274 g/mol. The normalized spacial score (nSPS) is 11.8. The van der Waals surface area contributed by atoms with Gasteiger partial charge in [-0.15, -0.1) is 0 Å². The maximum absolute atomic E-state index is 12.2. The van der Waals surface area contributed by atoms with Crippen LogP contribution in [0.2, 0.25) is 0 Å². The van der Waals surface area contributed by atoms with Gasteiger partial charge in [0.1, 0.15) is 6.04 Å². The fraction of sp³-hybridized carbons (Fsp3) is 0.143. The van der Waals surface area contributed by atoms with Crippen LogP contribution in [0.25, 0.3) is 10.9 Å². The lowest BCUT2D eigenvalue weighted by Gasteiger charge is -2.13. The van der Waals surface area contributed by atoms with Gasteiger partial charge in [0, 0.05) is 11.6 Å². The van der Waals surface area contributed by atoms with Gasteiger partial charge in [0.15, 0.2) is 0 Å². The molecule has 1 atom stereocenters. The number of carbonyl (C=O) groups excluding carboxylic acids is 2. The van der Waals surface area contributed by atoms with Crippen molar-refractivity contribution in [3.8, 4) is 0 Å². The number of nitrogens with two attached hydrogens (primary N) is 1. The molecule has 4 N–H and O–H groups in total. The average Bonchev–Trinajstić information content (AvgIpc) is 2.45. The van der Waals surface area contributed by atoms with Gasteiger partial charge in [-0.2, -0.15) is 0 Å². The Balaban J connectivity index is 2.29. The summed E-state index contributed by atoms with van der Waals surface area (Å²) in [4.78, 5) is 38.2. The Labute approximate surface area is 119 Å². The molecule has 108 valence electrons. The Morgan fingerprint density at radius 3 is 2.62 bits per heavy atom. The van der Waals surface area contributed by atoms with Gasteiger partial charge < -0.3 is 16.2 Å². The number of carboxylic acid groups (broad SMARTS) is 1. The first-order valence-electron chi connectivity index (χ1n) is 6.14. The highest BCUT2D eigenvalue weighted by atomic mass is 16.4. The molecule has 0 aliphatic carbocycles. The second-order valence-electron chi connectivity index (χ2n) is 4.41. The minimum Gasteiger partial charge on any atom is -0.480 e. The lowest BCUT2D eigenvalue weighted by molar-refractivity contribution is -0.140. The summed E-state index contributed by atoms with van der Waals surface area (Å²) in [5, 5.41) is 11.9. The first-order chi connectivity index (χ1) is 9.99. The summed E-state index contributed by atoms with van der Waals surface area (Å²) in [6.45, 7) is 0. The van der Waals surface area contributed by atoms with Gasteiger partial charge in [-0.25, -0.2) is 4.79 Å². The number of amides is 2. The molecule has 0 unspecified atom stereocenters. The number of carboxylic acids is 1. The molecule has 0 radical (unpaired) electrons. The third kappa shape index (κ3) is 3.33. The third-order valence-corrected chi connectivity index (χ3v) is 2.90. The van der Waals surface area contributed by atoms with Gasteiger partial charge in [0.05, 0.1) is 17.5 Å². The second kappa shape index (κ2) is 6.00. The first-order valence-corrected chi connectivity index (χ1v) is 6.14. The molecule has 2 aromatic rings. The van der Waals surface area contributed by atoms with E-state index in [0.29, 0.717) is 10.9 Å². The standard InChI is InChI=1S/C14H13N3O4/c15-12(18)7-11(14(20)21)17-13(19)9-5-6-16-10-4-2-1-3-8(9)10/h1-6,11H,7H2,(H2,15,18)(H,17,19)(H,20,21)/t11-/m1/s1. The molecule has 0 aliphatic heterocycles. The molecule has 0 spiro atoms. The number of aliphatic carboxylic acids is 1. The number of hydrogen-bond acceptors (Lipinski definition) is 4. The number of nitrogens with one attached hydrogen (secondary N) is 1. The van der Waals surface area contributed by atoms with Crippen LogP contribution in [0.5, 0.6) is 0 Å². The fourth-order valence-electron chi connectivity index (χ4n) is 1.93. The lowest BCUT2D eigenvalue weighted by atomic mass is 10.1. The quantitative estimate of drug-likeness (QED) is 0.729. The van der Waals surface area contributed by atoms with Crippen LogP contribution in [0.4, 0.5) is 0 Å². The summed E-state index contributed by atoms with van der Waals surface area (Å²) in [6.07, 6.45) is 0.991. The van der Waals surface area contributed by atoms with Crippen molar-refractivity contribution in [1.29, 1.82) is 0 Å². The van der Waals surface area contributed by atoms with E-state index >= 15 is 0 Å². The summed E-state index contributed by atoms with van der Waals surface area (Å²) < 4.78 is 0. The van der Waals surface area contributed by atoms with Gasteiger partial charge in [-0.3, -0.25) is 14.6 Å². The van der Waals surface area contributed by atoms with Crippen LogP contribution >= 0.6 is 0 Å². The topological polar surface area (TPSA) is 122 Å². The van der Waals surface area contributed by atoms with Crippen molar-refractivity contribution in [2.75, 3.05) is 0 Å². The highest BCUT2D eigenvalue weighted by Crippen LogP contribution is 2.16. The van der Waals surface area contributed by atoms with E-state index in [1.807, 2.05) is 0 Å². The monoisotopic (exact) mass is 287 g/mol. The SMILES string of the molecule is NC(=O)C[C@@H](NC(=O)c1ccnc2ccccc12)C(=O)O. The predicted molar refractivity (Wildman–Crippen MR) is 74.4 cm³/mol. The fourth-order valence-corrected chi connectivity index (χ4v) is 1.93. The lowest BCUT2D eigenvalue weighted by Crippen LogP contribution is -2.43. The number of nitrogens with zero attached hydrogens (tertiary/aromatic N) is 1. The molecule has 0 bridgehead atoms. The molecular formula is C14H13N3O4. The van der Waals surface area contributed by atoms with Gasteiger partial charge in [-0.1, -0.05) is 18.2 Å². The number of benzene rings is 1. The van der Waals surface area contributed by atoms with Crippen molar-refractivity contribution in [3.05, 3.63) is 42.1 Å². The maximum Gasteiger partial charge on any atom is 0.326 e. The van der Waals surface area contributed by atoms with Crippen molar-refractivity contribution in [2.24, 2.45) is 5.73 Å². The van der Waals surface area contributed by atoms with Crippen molar-refractivity contribution in [3.63, 3.8) is 0 Å². The minimum absolute atomic E-state index is 0.288. The number of primary amides is 1. The van der Waals surface area contributed by atoms with Crippen LogP contribution in [-0.4, -0.2) is 33.9 Å². The van der Waals surface area contributed by atoms with Gasteiger partial charge in [0.2, 0.25) is 5.91 Å². The van der Waals surface area contributed by atoms with Crippen molar-refractivity contribution >= 4 is 28.7 Å². The maximum atomic E-state index is 12.2. The molecule has 0 saturated carbocycles. The number of pyridine rings is 1. The Morgan fingerprint density at radius 2 is 1.95 bits per heavy atom. The number of fused-ring (bicyclic) bond motifs is 1. The summed E-state index contributed by atoms with van der Waals surface area (Å²) in [6, 6.07) is 7.11. The Hall–Kier alpha value is -2.96. The van der Waals surface area contributed by atoms with Crippen molar-refractivity contribution < 1.29 is 19.5 Å². The average molecular weight is 287 g/mol. The molecule has 1 aromatic carbocycles. The number of rotatable bonds is 5. The molecule has 1 aromatic heterocycles. The Kier molecular flexibility index (Phi) is 4.13. The predicted octanol–water partition coefficient (Wildman–Crippen LogP) is 0.293. The zero-order chi connectivity index (χ0) is 15.4. The van der Waals surface area contributed by atoms with Crippen LogP contribution in [0.15, 0.2) is 36.5 Å². The summed E-state index contributed by atoms with van der Waals surface area (Å²) in [7, 11) is 0. The molecule has 7 heteroatoms. The highest BCUT2D eigenvalue weighted by molar-refractivity contribution is 6.07. The van der Waals surface area contributed by atoms with E-state index in [9.17, 15) is 14.4 Å². The van der Waals surface area contributed by atoms with Gasteiger partial charge >= 0.3 is 5.97 Å². The molecule has 1 heterocycles. The van der Waals surface area contributed by atoms with E-state index in [4.69, 9.17) is 10.8 Å². The molecule has 0 fully saturated rings. The highest BCUT2D eigenvalue weighted by Gasteiger charge is 2.23. The first kappa shape index (κ1) is 14.4. The third-order valence-electron chi connectivity index (χ3n) is 2.90. The molecule has 0 aliphatic rings.